The fourth-order valence-electron chi connectivity index (χ4n) is 4.19. The van der Waals surface area contributed by atoms with Crippen molar-refractivity contribution in [3.63, 3.8) is 0 Å². The van der Waals surface area contributed by atoms with E-state index in [1.165, 1.54) is 7.11 Å². The molecule has 0 saturated heterocycles. The predicted molar refractivity (Wildman–Crippen MR) is 128 cm³/mol. The van der Waals surface area contributed by atoms with Gasteiger partial charge in [0.05, 0.1) is 0 Å². The number of ether oxygens (including phenoxy) is 2. The van der Waals surface area contributed by atoms with E-state index in [4.69, 9.17) is 9.47 Å². The second-order valence-corrected chi connectivity index (χ2v) is 9.41. The number of rotatable bonds is 9. The number of carbonyl (C=O) groups is 3. The first-order valence-electron chi connectivity index (χ1n) is 11.3. The molecule has 8 heteroatoms. The van der Waals surface area contributed by atoms with Gasteiger partial charge in [-0.1, -0.05) is 69.3 Å². The Morgan fingerprint density at radius 1 is 1.00 bits per heavy atom. The third-order valence-corrected chi connectivity index (χ3v) is 6.00. The van der Waals surface area contributed by atoms with E-state index >= 15 is 0 Å². The minimum atomic E-state index is -1.12. The molecule has 3 N–H and O–H groups in total. The van der Waals surface area contributed by atoms with Gasteiger partial charge >= 0.3 is 12.1 Å². The Kier molecular flexibility index (Phi) is 7.94. The Labute approximate surface area is 199 Å². The molecule has 2 aromatic rings. The molecule has 34 heavy (non-hydrogen) atoms. The highest BCUT2D eigenvalue weighted by molar-refractivity contribution is 5.86. The first kappa shape index (κ1) is 25.2. The molecule has 0 aliphatic heterocycles. The molecule has 1 aliphatic carbocycles. The van der Waals surface area contributed by atoms with Gasteiger partial charge in [0.1, 0.15) is 18.8 Å². The zero-order valence-electron chi connectivity index (χ0n) is 20.0. The fourth-order valence-corrected chi connectivity index (χ4v) is 4.19. The average Bonchev–Trinajstić information content (AvgIpc) is 3.11. The lowest BCUT2D eigenvalue weighted by Crippen LogP contribution is -2.52. The van der Waals surface area contributed by atoms with Crippen molar-refractivity contribution in [2.24, 2.45) is 5.41 Å². The molecule has 0 spiro atoms. The van der Waals surface area contributed by atoms with E-state index in [-0.39, 0.29) is 25.5 Å². The lowest BCUT2D eigenvalue weighted by atomic mass is 9.86. The van der Waals surface area contributed by atoms with Crippen LogP contribution in [0.3, 0.4) is 0 Å². The number of amides is 2. The zero-order valence-corrected chi connectivity index (χ0v) is 20.0. The van der Waals surface area contributed by atoms with Crippen LogP contribution in [0.25, 0.3) is 11.1 Å². The topological polar surface area (TPSA) is 114 Å². The molecule has 0 heterocycles. The van der Waals surface area contributed by atoms with E-state index < -0.39 is 35.5 Å². The van der Waals surface area contributed by atoms with Crippen molar-refractivity contribution in [2.45, 2.75) is 45.3 Å². The van der Waals surface area contributed by atoms with E-state index in [1.807, 2.05) is 36.4 Å². The van der Waals surface area contributed by atoms with Gasteiger partial charge < -0.3 is 25.2 Å². The van der Waals surface area contributed by atoms with Crippen LogP contribution in [0.1, 0.15) is 44.2 Å². The van der Waals surface area contributed by atoms with Gasteiger partial charge in [-0.05, 0) is 27.7 Å². The molecule has 0 bridgehead atoms. The molecule has 182 valence electrons. The number of methoxy groups -OCH3 is 1. The van der Waals surface area contributed by atoms with Crippen LogP contribution in [0.4, 0.5) is 4.79 Å². The van der Waals surface area contributed by atoms with E-state index in [2.05, 4.69) is 22.8 Å². The largest absolute Gasteiger partial charge is 0.480 e. The maximum absolute atomic E-state index is 12.5. The Balaban J connectivity index is 1.51. The van der Waals surface area contributed by atoms with E-state index in [1.54, 1.807) is 20.8 Å². The van der Waals surface area contributed by atoms with Crippen LogP contribution in [0.5, 0.6) is 0 Å². The van der Waals surface area contributed by atoms with Gasteiger partial charge in [-0.15, -0.1) is 0 Å². The summed E-state index contributed by atoms with van der Waals surface area (Å²) in [6.07, 6.45) is -1.32. The molecule has 2 amide bonds. The highest BCUT2D eigenvalue weighted by Crippen LogP contribution is 2.44. The second-order valence-electron chi connectivity index (χ2n) is 9.41. The quantitative estimate of drug-likeness (QED) is 0.519. The summed E-state index contributed by atoms with van der Waals surface area (Å²) >= 11 is 0. The van der Waals surface area contributed by atoms with Crippen LogP contribution in [0, 0.1) is 5.41 Å². The van der Waals surface area contributed by atoms with Crippen LogP contribution in [-0.4, -0.2) is 55.5 Å². The number of alkyl carbamates (subject to hydrolysis) is 1. The zero-order chi connectivity index (χ0) is 24.9. The molecule has 0 radical (unpaired) electrons. The number of nitrogens with one attached hydrogen (secondary N) is 2. The first-order chi connectivity index (χ1) is 16.1. The van der Waals surface area contributed by atoms with Crippen LogP contribution in [0.15, 0.2) is 48.5 Å². The maximum Gasteiger partial charge on any atom is 0.407 e. The van der Waals surface area contributed by atoms with Gasteiger partial charge in [0, 0.05) is 26.0 Å². The average molecular weight is 469 g/mol. The third-order valence-electron chi connectivity index (χ3n) is 6.00. The predicted octanol–water partition coefficient (Wildman–Crippen LogP) is 3.55. The van der Waals surface area contributed by atoms with Gasteiger partial charge in [-0.3, -0.25) is 4.79 Å². The van der Waals surface area contributed by atoms with Crippen LogP contribution in [0.2, 0.25) is 0 Å². The normalized spacial score (nSPS) is 14.5. The molecular weight excluding hydrogens is 436 g/mol. The van der Waals surface area contributed by atoms with Crippen molar-refractivity contribution < 1.29 is 29.0 Å². The molecular formula is C26H32N2O6. The summed E-state index contributed by atoms with van der Waals surface area (Å²) in [6, 6.07) is 15.1. The molecule has 3 rings (SSSR count). The standard InChI is InChI=1S/C26H32N2O6/c1-26(2,3)22(24(30)31)28-23(29)21(33-4)13-14-27-25(32)34-15-20-18-11-7-5-9-16(18)17-10-6-8-12-19(17)20/h5-12,20-22H,13-15H2,1-4H3,(H,27,32)(H,28,29)(H,30,31)/t21?,22-/m1/s1. The van der Waals surface area contributed by atoms with Crippen molar-refractivity contribution >= 4 is 18.0 Å². The van der Waals surface area contributed by atoms with Crippen LogP contribution >= 0.6 is 0 Å². The van der Waals surface area contributed by atoms with Gasteiger partial charge in [0.2, 0.25) is 5.91 Å². The van der Waals surface area contributed by atoms with Gasteiger partial charge in [0.25, 0.3) is 0 Å². The maximum atomic E-state index is 12.5. The molecule has 1 aliphatic rings. The van der Waals surface area contributed by atoms with E-state index in [0.29, 0.717) is 0 Å². The number of carboxylic acid groups (broad SMARTS) is 1. The van der Waals surface area contributed by atoms with Crippen molar-refractivity contribution in [3.8, 4) is 11.1 Å². The summed E-state index contributed by atoms with van der Waals surface area (Å²) < 4.78 is 10.7. The summed E-state index contributed by atoms with van der Waals surface area (Å²) in [6.45, 7) is 5.52. The number of hydrogen-bond donors (Lipinski definition) is 3. The van der Waals surface area contributed by atoms with Crippen molar-refractivity contribution in [2.75, 3.05) is 20.3 Å². The SMILES string of the molecule is COC(CCNC(=O)OCC1c2ccccc2-c2ccccc21)C(=O)N[C@H](C(=O)O)C(C)(C)C. The van der Waals surface area contributed by atoms with Gasteiger partial charge in [-0.25, -0.2) is 9.59 Å². The van der Waals surface area contributed by atoms with E-state index in [0.717, 1.165) is 22.3 Å². The molecule has 2 aromatic carbocycles. The summed E-state index contributed by atoms with van der Waals surface area (Å²) in [7, 11) is 1.37. The van der Waals surface area contributed by atoms with Crippen LogP contribution < -0.4 is 10.6 Å². The molecule has 0 aromatic heterocycles. The summed E-state index contributed by atoms with van der Waals surface area (Å²) in [5.41, 5.74) is 3.88. The summed E-state index contributed by atoms with van der Waals surface area (Å²) in [4.78, 5) is 36.3. The summed E-state index contributed by atoms with van der Waals surface area (Å²) in [5.74, 6) is -1.70. The number of benzene rings is 2. The third kappa shape index (κ3) is 5.75. The Hall–Kier alpha value is -3.39. The minimum absolute atomic E-state index is 0.0407. The molecule has 0 saturated carbocycles. The van der Waals surface area contributed by atoms with Crippen molar-refractivity contribution in [3.05, 3.63) is 59.7 Å². The lowest BCUT2D eigenvalue weighted by molar-refractivity contribution is -0.147. The van der Waals surface area contributed by atoms with E-state index in [9.17, 15) is 19.5 Å². The van der Waals surface area contributed by atoms with Crippen molar-refractivity contribution in [1.29, 1.82) is 0 Å². The molecule has 1 unspecified atom stereocenters. The number of aliphatic carboxylic acids is 1. The Morgan fingerprint density at radius 3 is 2.06 bits per heavy atom. The molecule has 8 nitrogen and oxygen atoms in total. The van der Waals surface area contributed by atoms with Gasteiger partial charge in [-0.2, -0.15) is 0 Å². The monoisotopic (exact) mass is 468 g/mol. The first-order valence-corrected chi connectivity index (χ1v) is 11.3. The highest BCUT2D eigenvalue weighted by atomic mass is 16.5. The highest BCUT2D eigenvalue weighted by Gasteiger charge is 2.34. The van der Waals surface area contributed by atoms with Gasteiger partial charge in [0.15, 0.2) is 0 Å². The number of carbonyl (C=O) groups excluding carboxylic acids is 2. The Morgan fingerprint density at radius 2 is 1.56 bits per heavy atom. The fraction of sp³-hybridized carbons (Fsp3) is 0.423. The smallest absolute Gasteiger partial charge is 0.407 e. The number of carboxylic acids is 1. The van der Waals surface area contributed by atoms with Crippen LogP contribution in [-0.2, 0) is 19.1 Å². The Bertz CT molecular complexity index is 1000. The minimum Gasteiger partial charge on any atom is -0.480 e. The number of fused-ring (bicyclic) bond motifs is 3. The molecule has 2 atom stereocenters. The van der Waals surface area contributed by atoms with Crippen molar-refractivity contribution in [1.82, 2.24) is 10.6 Å². The lowest BCUT2D eigenvalue weighted by Gasteiger charge is -2.29. The summed E-state index contributed by atoms with van der Waals surface area (Å²) in [5, 5.41) is 14.6. The second kappa shape index (κ2) is 10.7. The molecule has 0 fully saturated rings. The number of hydrogen-bond acceptors (Lipinski definition) is 5.